The highest BCUT2D eigenvalue weighted by molar-refractivity contribution is 5.98. The lowest BCUT2D eigenvalue weighted by Gasteiger charge is -2.40. The normalized spacial score (nSPS) is 20.0. The molecule has 4 nitrogen and oxygen atoms in total. The number of carboxylic acid groups (broad SMARTS) is 1. The molecule has 4 heteroatoms. The molecular weight excluding hydrogens is 302 g/mol. The minimum absolute atomic E-state index is 0.0752. The van der Waals surface area contributed by atoms with Crippen LogP contribution in [0.4, 0.5) is 0 Å². The van der Waals surface area contributed by atoms with Gasteiger partial charge in [-0.25, -0.2) is 0 Å². The van der Waals surface area contributed by atoms with Crippen LogP contribution >= 0.6 is 0 Å². The van der Waals surface area contributed by atoms with Crippen LogP contribution in [-0.4, -0.2) is 35.0 Å². The first-order valence-electron chi connectivity index (χ1n) is 8.05. The number of rotatable bonds is 3. The zero-order chi connectivity index (χ0) is 17.4. The fraction of sp³-hybridized carbons (Fsp3) is 0.300. The molecule has 0 aliphatic carbocycles. The number of likely N-dealkylation sites (N-methyl/N-ethyl adjacent to an activating group) is 1. The summed E-state index contributed by atoms with van der Waals surface area (Å²) in [6.07, 6.45) is -0.0752. The number of amides is 1. The van der Waals surface area contributed by atoms with E-state index < -0.39 is 12.0 Å². The maximum Gasteiger partial charge on any atom is 0.305 e. The second-order valence-electron chi connectivity index (χ2n) is 6.49. The van der Waals surface area contributed by atoms with Crippen LogP contribution in [0.15, 0.2) is 42.5 Å². The number of hydrogen-bond acceptors (Lipinski definition) is 2. The molecule has 1 N–H and O–H groups in total. The molecule has 2 aromatic rings. The monoisotopic (exact) mass is 323 g/mol. The summed E-state index contributed by atoms with van der Waals surface area (Å²) in [6.45, 7) is 4.01. The second kappa shape index (κ2) is 6.11. The number of carbonyl (C=O) groups excluding carboxylic acids is 1. The topological polar surface area (TPSA) is 57.6 Å². The maximum absolute atomic E-state index is 12.8. The van der Waals surface area contributed by atoms with E-state index in [-0.39, 0.29) is 18.2 Å². The molecule has 0 aromatic heterocycles. The van der Waals surface area contributed by atoms with Gasteiger partial charge in [0.15, 0.2) is 0 Å². The molecule has 2 unspecified atom stereocenters. The highest BCUT2D eigenvalue weighted by Gasteiger charge is 2.39. The van der Waals surface area contributed by atoms with Crippen molar-refractivity contribution in [2.45, 2.75) is 32.2 Å². The van der Waals surface area contributed by atoms with E-state index in [1.54, 1.807) is 11.9 Å². The first kappa shape index (κ1) is 16.2. The van der Waals surface area contributed by atoms with Crippen LogP contribution in [0.5, 0.6) is 0 Å². The van der Waals surface area contributed by atoms with E-state index in [4.69, 9.17) is 0 Å². The lowest BCUT2D eigenvalue weighted by molar-refractivity contribution is -0.138. The Hall–Kier alpha value is -2.62. The summed E-state index contributed by atoms with van der Waals surface area (Å²) < 4.78 is 0. The molecule has 0 bridgehead atoms. The van der Waals surface area contributed by atoms with E-state index in [0.717, 1.165) is 22.3 Å². The lowest BCUT2D eigenvalue weighted by Crippen LogP contribution is -2.47. The summed E-state index contributed by atoms with van der Waals surface area (Å²) in [7, 11) is 1.70. The van der Waals surface area contributed by atoms with Crippen LogP contribution in [0.3, 0.4) is 0 Å². The standard InChI is InChI=1S/C20H21NO3/c1-12-9-15-16(10-13(12)2)20(24)21(3)17(11-18(22)23)19(15)14-7-5-4-6-8-14/h4-10,17,19H,11H2,1-3H3,(H,22,23). The largest absolute Gasteiger partial charge is 0.481 e. The third kappa shape index (κ3) is 2.68. The summed E-state index contributed by atoms with van der Waals surface area (Å²) >= 11 is 0. The zero-order valence-corrected chi connectivity index (χ0v) is 14.1. The summed E-state index contributed by atoms with van der Waals surface area (Å²) in [4.78, 5) is 25.8. The minimum Gasteiger partial charge on any atom is -0.481 e. The third-order valence-electron chi connectivity index (χ3n) is 4.98. The lowest BCUT2D eigenvalue weighted by atomic mass is 9.76. The molecule has 2 aromatic carbocycles. The molecule has 0 radical (unpaired) electrons. The van der Waals surface area contributed by atoms with Crippen LogP contribution in [0.1, 0.15) is 45.0 Å². The van der Waals surface area contributed by atoms with Gasteiger partial charge in [0, 0.05) is 18.5 Å². The van der Waals surface area contributed by atoms with Gasteiger partial charge in [0.05, 0.1) is 12.5 Å². The first-order chi connectivity index (χ1) is 11.4. The molecule has 0 saturated carbocycles. The molecule has 1 heterocycles. The van der Waals surface area contributed by atoms with Crippen molar-refractivity contribution in [1.29, 1.82) is 0 Å². The molecular formula is C20H21NO3. The van der Waals surface area contributed by atoms with Crippen molar-refractivity contribution in [2.75, 3.05) is 7.05 Å². The number of fused-ring (bicyclic) bond motifs is 1. The summed E-state index contributed by atoms with van der Waals surface area (Å²) in [5, 5.41) is 9.34. The van der Waals surface area contributed by atoms with Gasteiger partial charge in [0.25, 0.3) is 5.91 Å². The Morgan fingerprint density at radius 3 is 2.38 bits per heavy atom. The van der Waals surface area contributed by atoms with Crippen molar-refractivity contribution in [3.63, 3.8) is 0 Å². The van der Waals surface area contributed by atoms with Crippen molar-refractivity contribution < 1.29 is 14.7 Å². The Labute approximate surface area is 141 Å². The van der Waals surface area contributed by atoms with Crippen LogP contribution in [0.25, 0.3) is 0 Å². The molecule has 0 saturated heterocycles. The third-order valence-corrected chi connectivity index (χ3v) is 4.98. The van der Waals surface area contributed by atoms with Gasteiger partial charge in [-0.3, -0.25) is 9.59 Å². The average molecular weight is 323 g/mol. The molecule has 1 aliphatic rings. The van der Waals surface area contributed by atoms with Crippen molar-refractivity contribution in [3.8, 4) is 0 Å². The van der Waals surface area contributed by atoms with Crippen molar-refractivity contribution >= 4 is 11.9 Å². The fourth-order valence-electron chi connectivity index (χ4n) is 3.55. The van der Waals surface area contributed by atoms with Crippen LogP contribution in [0, 0.1) is 13.8 Å². The second-order valence-corrected chi connectivity index (χ2v) is 6.49. The first-order valence-corrected chi connectivity index (χ1v) is 8.05. The SMILES string of the molecule is Cc1cc2c(cc1C)C(c1ccccc1)C(CC(=O)O)N(C)C2=O. The van der Waals surface area contributed by atoms with Gasteiger partial charge < -0.3 is 10.0 Å². The zero-order valence-electron chi connectivity index (χ0n) is 14.1. The average Bonchev–Trinajstić information content (AvgIpc) is 2.55. The highest BCUT2D eigenvalue weighted by Crippen LogP contribution is 2.39. The van der Waals surface area contributed by atoms with Crippen LogP contribution in [-0.2, 0) is 4.79 Å². The predicted molar refractivity (Wildman–Crippen MR) is 92.3 cm³/mol. The van der Waals surface area contributed by atoms with E-state index in [1.807, 2.05) is 56.3 Å². The van der Waals surface area contributed by atoms with E-state index in [2.05, 4.69) is 0 Å². The van der Waals surface area contributed by atoms with E-state index in [1.165, 1.54) is 0 Å². The number of aryl methyl sites for hydroxylation is 2. The van der Waals surface area contributed by atoms with Gasteiger partial charge in [-0.2, -0.15) is 0 Å². The summed E-state index contributed by atoms with van der Waals surface area (Å²) in [5.74, 6) is -1.14. The molecule has 1 aliphatic heterocycles. The predicted octanol–water partition coefficient (Wildman–Crippen LogP) is 3.36. The number of aliphatic carboxylic acids is 1. The highest BCUT2D eigenvalue weighted by atomic mass is 16.4. The van der Waals surface area contributed by atoms with E-state index in [9.17, 15) is 14.7 Å². The van der Waals surface area contributed by atoms with Crippen molar-refractivity contribution in [2.24, 2.45) is 0 Å². The molecule has 0 fully saturated rings. The van der Waals surface area contributed by atoms with Gasteiger partial charge in [-0.15, -0.1) is 0 Å². The number of hydrogen-bond donors (Lipinski definition) is 1. The Morgan fingerprint density at radius 1 is 1.12 bits per heavy atom. The van der Waals surface area contributed by atoms with Crippen molar-refractivity contribution in [1.82, 2.24) is 4.90 Å². The number of carbonyl (C=O) groups is 2. The Bertz CT molecular complexity index is 798. The van der Waals surface area contributed by atoms with E-state index in [0.29, 0.717) is 5.56 Å². The Kier molecular flexibility index (Phi) is 4.14. The summed E-state index contributed by atoms with van der Waals surface area (Å²) in [6, 6.07) is 13.4. The van der Waals surface area contributed by atoms with Gasteiger partial charge in [-0.1, -0.05) is 36.4 Å². The molecule has 124 valence electrons. The molecule has 1 amide bonds. The molecule has 24 heavy (non-hydrogen) atoms. The number of nitrogens with zero attached hydrogens (tertiary/aromatic N) is 1. The Balaban J connectivity index is 2.23. The fourth-order valence-corrected chi connectivity index (χ4v) is 3.55. The van der Waals surface area contributed by atoms with Gasteiger partial charge in [0.1, 0.15) is 0 Å². The maximum atomic E-state index is 12.8. The van der Waals surface area contributed by atoms with Crippen molar-refractivity contribution in [3.05, 3.63) is 70.3 Å². The quantitative estimate of drug-likeness (QED) is 0.942. The van der Waals surface area contributed by atoms with Gasteiger partial charge in [0.2, 0.25) is 0 Å². The van der Waals surface area contributed by atoms with Crippen LogP contribution < -0.4 is 0 Å². The molecule has 3 rings (SSSR count). The minimum atomic E-state index is -0.895. The number of carboxylic acids is 1. The smallest absolute Gasteiger partial charge is 0.305 e. The van der Waals surface area contributed by atoms with E-state index >= 15 is 0 Å². The van der Waals surface area contributed by atoms with Gasteiger partial charge in [-0.05, 0) is 42.2 Å². The summed E-state index contributed by atoms with van der Waals surface area (Å²) in [5.41, 5.74) is 4.82. The molecule has 0 spiro atoms. The molecule has 2 atom stereocenters. The van der Waals surface area contributed by atoms with Gasteiger partial charge >= 0.3 is 5.97 Å². The van der Waals surface area contributed by atoms with Crippen LogP contribution in [0.2, 0.25) is 0 Å². The Morgan fingerprint density at radius 2 is 1.75 bits per heavy atom. The number of benzene rings is 2.